The van der Waals surface area contributed by atoms with Gasteiger partial charge in [-0.2, -0.15) is 8.42 Å². The van der Waals surface area contributed by atoms with Crippen molar-refractivity contribution in [2.75, 3.05) is 11.1 Å². The number of carbonyl (C=O) groups excluding carboxylic acids is 2. The average molecular weight is 763 g/mol. The van der Waals surface area contributed by atoms with E-state index in [1.807, 2.05) is 0 Å². The van der Waals surface area contributed by atoms with Gasteiger partial charge in [-0.25, -0.2) is 26.8 Å². The summed E-state index contributed by atoms with van der Waals surface area (Å²) in [4.78, 5) is 33.4. The molecule has 1 heterocycles. The van der Waals surface area contributed by atoms with Gasteiger partial charge in [0.15, 0.2) is 21.9 Å². The zero-order valence-electron chi connectivity index (χ0n) is 24.9. The first-order chi connectivity index (χ1) is 22.8. The molecule has 0 saturated carbocycles. The van der Waals surface area contributed by atoms with Crippen LogP contribution in [-0.4, -0.2) is 51.3 Å². The molecule has 0 bridgehead atoms. The van der Waals surface area contributed by atoms with Crippen LogP contribution in [0.3, 0.4) is 0 Å². The van der Waals surface area contributed by atoms with E-state index in [0.717, 1.165) is 24.3 Å². The Morgan fingerprint density at radius 3 is 1.94 bits per heavy atom. The third-order valence-corrected chi connectivity index (χ3v) is 12.9. The van der Waals surface area contributed by atoms with Crippen LogP contribution in [0.2, 0.25) is 10.3 Å². The molecule has 0 unspecified atom stereocenters. The summed E-state index contributed by atoms with van der Waals surface area (Å²) in [7, 11) is -14.6. The molecule has 0 aliphatic heterocycles. The van der Waals surface area contributed by atoms with Gasteiger partial charge < -0.3 is 11.1 Å². The molecule has 1 aliphatic rings. The smallest absolute Gasteiger partial charge is 0.296 e. The number of fused-ring (bicyclic) bond motifs is 3. The Labute approximate surface area is 289 Å². The second-order valence-electron chi connectivity index (χ2n) is 10.8. The lowest BCUT2D eigenvalue weighted by Gasteiger charge is -2.25. The normalized spacial score (nSPS) is 13.3. The number of rotatable bonds is 7. The number of nitrogen functional groups attached to an aromatic ring is 1. The number of sulfonamides is 2. The van der Waals surface area contributed by atoms with Crippen molar-refractivity contribution in [2.24, 2.45) is 0 Å². The highest BCUT2D eigenvalue weighted by Gasteiger charge is 2.37. The topological polar surface area (TPSA) is 233 Å². The van der Waals surface area contributed by atoms with E-state index in [2.05, 4.69) is 15.3 Å². The molecule has 5 N–H and O–H groups in total. The van der Waals surface area contributed by atoms with Gasteiger partial charge in [0.1, 0.15) is 4.90 Å². The molecule has 0 radical (unpaired) electrons. The van der Waals surface area contributed by atoms with E-state index < -0.39 is 67.7 Å². The van der Waals surface area contributed by atoms with Crippen LogP contribution in [-0.2, 0) is 30.2 Å². The molecule has 1 aromatic heterocycles. The van der Waals surface area contributed by atoms with Gasteiger partial charge in [0.05, 0.1) is 43.3 Å². The second-order valence-corrected chi connectivity index (χ2v) is 16.5. The zero-order chi connectivity index (χ0) is 35.8. The van der Waals surface area contributed by atoms with Crippen LogP contribution < -0.4 is 15.2 Å². The average Bonchev–Trinajstić information content (AvgIpc) is 3.01. The third-order valence-electron chi connectivity index (χ3n) is 7.73. The quantitative estimate of drug-likeness (QED) is 0.129. The number of carbonyl (C=O) groups is 2. The van der Waals surface area contributed by atoms with Gasteiger partial charge in [0, 0.05) is 16.8 Å². The van der Waals surface area contributed by atoms with Crippen LogP contribution in [0.5, 0.6) is 0 Å². The number of benzene rings is 4. The van der Waals surface area contributed by atoms with Gasteiger partial charge >= 0.3 is 0 Å². The number of aromatic nitrogens is 2. The molecule has 14 nitrogen and oxygen atoms in total. The van der Waals surface area contributed by atoms with Gasteiger partial charge in [-0.3, -0.25) is 14.1 Å². The van der Waals surface area contributed by atoms with Crippen molar-refractivity contribution >= 4 is 93.0 Å². The van der Waals surface area contributed by atoms with E-state index in [-0.39, 0.29) is 55.0 Å². The van der Waals surface area contributed by atoms with E-state index >= 15 is 0 Å². The van der Waals surface area contributed by atoms with Crippen LogP contribution >= 0.6 is 23.2 Å². The highest BCUT2D eigenvalue weighted by molar-refractivity contribution is 8.04. The van der Waals surface area contributed by atoms with Crippen molar-refractivity contribution in [3.8, 4) is 0 Å². The summed E-state index contributed by atoms with van der Waals surface area (Å²) in [5.41, 5.74) is 4.84. The Kier molecular flexibility index (Phi) is 8.30. The molecule has 4 aromatic carbocycles. The van der Waals surface area contributed by atoms with Crippen molar-refractivity contribution in [3.05, 3.63) is 104 Å². The maximum absolute atomic E-state index is 13.7. The fourth-order valence-corrected chi connectivity index (χ4v) is 9.53. The van der Waals surface area contributed by atoms with Crippen molar-refractivity contribution in [1.29, 1.82) is 0 Å². The number of anilines is 3. The Bertz CT molecular complexity index is 2670. The molecular weight excluding hydrogens is 741 g/mol. The van der Waals surface area contributed by atoms with E-state index in [1.54, 1.807) is 11.1 Å². The number of aryl methyl sites for hydroxylation is 1. The van der Waals surface area contributed by atoms with Crippen molar-refractivity contribution in [3.63, 3.8) is 0 Å². The van der Waals surface area contributed by atoms with Gasteiger partial charge in [-0.05, 0) is 55.3 Å². The van der Waals surface area contributed by atoms with Crippen molar-refractivity contribution < 1.29 is 39.4 Å². The lowest BCUT2D eigenvalue weighted by atomic mass is 9.82. The van der Waals surface area contributed by atoms with Crippen LogP contribution in [0.25, 0.3) is 11.0 Å². The lowest BCUT2D eigenvalue weighted by molar-refractivity contribution is 0.0980. The molecule has 0 fully saturated rings. The number of ketones is 2. The Hall–Kier alpha value is -4.49. The lowest BCUT2D eigenvalue weighted by Crippen LogP contribution is -2.31. The number of nitrogens with zero attached hydrogens (tertiary/aromatic N) is 2. The summed E-state index contributed by atoms with van der Waals surface area (Å²) in [5.74, 6) is -1.47. The fourth-order valence-electron chi connectivity index (χ4n) is 5.45. The molecule has 6 rings (SSSR count). The van der Waals surface area contributed by atoms with Gasteiger partial charge in [-0.1, -0.05) is 53.5 Å². The summed E-state index contributed by atoms with van der Waals surface area (Å²) in [6.45, 7) is 2.89. The maximum Gasteiger partial charge on any atom is 0.296 e. The molecule has 19 heteroatoms. The van der Waals surface area contributed by atoms with Gasteiger partial charge in [0.25, 0.3) is 30.2 Å². The molecule has 252 valence electrons. The second kappa shape index (κ2) is 11.8. The highest BCUT2D eigenvalue weighted by atomic mass is 35.5. The number of nitrogens with one attached hydrogen (secondary N) is 2. The number of halogens is 2. The van der Waals surface area contributed by atoms with Crippen LogP contribution in [0.4, 0.5) is 17.1 Å². The van der Waals surface area contributed by atoms with E-state index in [4.69, 9.17) is 28.9 Å². The zero-order valence-corrected chi connectivity index (χ0v) is 28.9. The minimum absolute atomic E-state index is 0.00581. The fraction of sp³-hybridized carbons (Fsp3) is 0.0667. The van der Waals surface area contributed by atoms with Gasteiger partial charge in [-0.15, -0.1) is 4.13 Å². The minimum atomic E-state index is -5.04. The molecule has 0 spiro atoms. The molecule has 49 heavy (non-hydrogen) atoms. The van der Waals surface area contributed by atoms with Gasteiger partial charge in [0.2, 0.25) is 0 Å². The molecule has 0 atom stereocenters. The van der Waals surface area contributed by atoms with Crippen LogP contribution in [0, 0.1) is 13.8 Å². The predicted octanol–water partition coefficient (Wildman–Crippen LogP) is 4.57. The highest BCUT2D eigenvalue weighted by Crippen LogP contribution is 2.41. The standard InChI is InChI=1S/C30H21Cl2N5O9S3/c1-13-7-10-21(48(42,43)37-47(40,41)15-8-9-18-19(11-15)36-30(32)29(31)35-18)14(2)26(13)34-20-12-22(49(44,45)46)25(33)24-23(20)27(38)16-5-3-4-6-17(16)28(24)39/h3-12,34,37H,33H2,1-2H3,(H,44,45,46). The first-order valence-electron chi connectivity index (χ1n) is 13.7. The molecule has 1 aliphatic carbocycles. The van der Waals surface area contributed by atoms with Crippen LogP contribution in [0.15, 0.2) is 75.4 Å². The summed E-state index contributed by atoms with van der Waals surface area (Å²) in [6.07, 6.45) is 0. The molecule has 0 saturated heterocycles. The van der Waals surface area contributed by atoms with E-state index in [0.29, 0.717) is 5.56 Å². The summed E-state index contributed by atoms with van der Waals surface area (Å²) < 4.78 is 90.1. The molecule has 0 amide bonds. The Morgan fingerprint density at radius 2 is 1.33 bits per heavy atom. The Balaban J connectivity index is 1.45. The summed E-state index contributed by atoms with van der Waals surface area (Å²) >= 11 is 11.8. The number of hydrogen-bond donors (Lipinski definition) is 4. The largest absolute Gasteiger partial charge is 0.397 e. The Morgan fingerprint density at radius 1 is 0.735 bits per heavy atom. The van der Waals surface area contributed by atoms with E-state index in [9.17, 15) is 39.4 Å². The van der Waals surface area contributed by atoms with Crippen molar-refractivity contribution in [1.82, 2.24) is 14.1 Å². The number of nitrogens with two attached hydrogens (primary N) is 1. The molecular formula is C30H21Cl2N5O9S3. The summed E-state index contributed by atoms with van der Waals surface area (Å²) in [5, 5.41) is 2.54. The maximum atomic E-state index is 13.7. The van der Waals surface area contributed by atoms with Crippen LogP contribution in [0.1, 0.15) is 43.0 Å². The molecule has 5 aromatic rings. The van der Waals surface area contributed by atoms with Crippen molar-refractivity contribution in [2.45, 2.75) is 28.5 Å². The first kappa shape index (κ1) is 34.4. The SMILES string of the molecule is Cc1ccc(S(=O)(=O)NS(=O)(=O)c2ccc3nc(Cl)c(Cl)nc3c2)c(C)c1Nc1cc(S(=O)(=O)O)c(N)c2c1C(=O)c1ccccc1C2=O. The third kappa shape index (κ3) is 5.92. The minimum Gasteiger partial charge on any atom is -0.397 e. The monoisotopic (exact) mass is 761 g/mol. The summed E-state index contributed by atoms with van der Waals surface area (Å²) in [6, 6.07) is 12.6. The first-order valence-corrected chi connectivity index (χ1v) is 18.9. The van der Waals surface area contributed by atoms with E-state index in [1.165, 1.54) is 43.3 Å². The number of hydrogen-bond acceptors (Lipinski definition) is 12. The predicted molar refractivity (Wildman–Crippen MR) is 180 cm³/mol.